The summed E-state index contributed by atoms with van der Waals surface area (Å²) in [6.07, 6.45) is 7.37. The van der Waals surface area contributed by atoms with E-state index in [2.05, 4.69) is 34.4 Å². The summed E-state index contributed by atoms with van der Waals surface area (Å²) >= 11 is 0. The molecule has 1 atom stereocenters. The maximum atomic E-state index is 11.7. The molecule has 1 aliphatic heterocycles. The van der Waals surface area contributed by atoms with E-state index in [-0.39, 0.29) is 12.5 Å². The van der Waals surface area contributed by atoms with Crippen LogP contribution in [0.4, 0.5) is 0 Å². The second-order valence-electron chi connectivity index (χ2n) is 6.89. The third-order valence-electron chi connectivity index (χ3n) is 4.56. The summed E-state index contributed by atoms with van der Waals surface area (Å²) in [6.45, 7) is 8.90. The number of hydrogen-bond acceptors (Lipinski definition) is 3. The van der Waals surface area contributed by atoms with Gasteiger partial charge in [0.05, 0.1) is 0 Å². The maximum absolute atomic E-state index is 11.7. The Morgan fingerprint density at radius 3 is 2.46 bits per heavy atom. The fraction of sp³-hybridized carbons (Fsp3) is 0.889. The number of likely N-dealkylation sites (N-methyl/N-ethyl adjacent to an activating group) is 1. The molecule has 2 N–H and O–H groups in total. The van der Waals surface area contributed by atoms with E-state index in [0.29, 0.717) is 6.04 Å². The van der Waals surface area contributed by atoms with Crippen LogP contribution < -0.4 is 10.6 Å². The molecule has 6 heteroatoms. The largest absolute Gasteiger partial charge is 0.356 e. The fourth-order valence-corrected chi connectivity index (χ4v) is 2.79. The minimum absolute atomic E-state index is 0.0216. The number of guanidine groups is 1. The predicted octanol–water partition coefficient (Wildman–Crippen LogP) is 1.67. The average molecular weight is 340 g/mol. The van der Waals surface area contributed by atoms with Crippen LogP contribution in [-0.2, 0) is 4.79 Å². The molecule has 1 rings (SSSR count). The minimum atomic E-state index is 0.0216. The minimum Gasteiger partial charge on any atom is -0.356 e. The van der Waals surface area contributed by atoms with Crippen molar-refractivity contribution in [2.24, 2.45) is 4.99 Å². The molecule has 1 fully saturated rings. The van der Waals surface area contributed by atoms with Crippen LogP contribution >= 0.6 is 0 Å². The van der Waals surface area contributed by atoms with Crippen molar-refractivity contribution >= 4 is 11.9 Å². The Morgan fingerprint density at radius 2 is 1.83 bits per heavy atom. The van der Waals surface area contributed by atoms with Crippen molar-refractivity contribution in [1.82, 2.24) is 20.4 Å². The van der Waals surface area contributed by atoms with Gasteiger partial charge < -0.3 is 20.4 Å². The topological polar surface area (TPSA) is 60.0 Å². The SMILES string of the molecule is CCCCNC(=NCC(=O)N(C)C)NCCC(C)N1CCCCC1. The van der Waals surface area contributed by atoms with E-state index in [1.807, 2.05) is 0 Å². The van der Waals surface area contributed by atoms with Crippen molar-refractivity contribution < 1.29 is 4.79 Å². The van der Waals surface area contributed by atoms with Gasteiger partial charge in [0.1, 0.15) is 6.54 Å². The van der Waals surface area contributed by atoms with E-state index >= 15 is 0 Å². The zero-order chi connectivity index (χ0) is 17.8. The number of hydrogen-bond donors (Lipinski definition) is 2. The number of nitrogens with one attached hydrogen (secondary N) is 2. The van der Waals surface area contributed by atoms with Crippen molar-refractivity contribution in [2.75, 3.05) is 46.8 Å². The lowest BCUT2D eigenvalue weighted by atomic mass is 10.1. The van der Waals surface area contributed by atoms with Crippen LogP contribution in [0.25, 0.3) is 0 Å². The first-order valence-electron chi connectivity index (χ1n) is 9.51. The van der Waals surface area contributed by atoms with Crippen LogP contribution in [0.3, 0.4) is 0 Å². The highest BCUT2D eigenvalue weighted by molar-refractivity contribution is 5.84. The Labute approximate surface area is 148 Å². The lowest BCUT2D eigenvalue weighted by Crippen LogP contribution is -2.43. The van der Waals surface area contributed by atoms with Gasteiger partial charge in [-0.05, 0) is 45.7 Å². The van der Waals surface area contributed by atoms with Gasteiger partial charge in [0.2, 0.25) is 5.91 Å². The number of unbranched alkanes of at least 4 members (excludes halogenated alkanes) is 1. The molecule has 0 bridgehead atoms. The Hall–Kier alpha value is -1.30. The van der Waals surface area contributed by atoms with Crippen LogP contribution in [-0.4, -0.2) is 74.5 Å². The number of aliphatic imine (C=N–C) groups is 1. The van der Waals surface area contributed by atoms with E-state index in [9.17, 15) is 4.79 Å². The third kappa shape index (κ3) is 8.52. The standard InChI is InChI=1S/C18H37N5O/c1-5-6-11-19-18(21-15-17(24)22(3)4)20-12-10-16(2)23-13-8-7-9-14-23/h16H,5-15H2,1-4H3,(H2,19,20,21). The summed E-state index contributed by atoms with van der Waals surface area (Å²) in [7, 11) is 3.52. The molecule has 0 radical (unpaired) electrons. The Kier molecular flexibility index (Phi) is 10.5. The van der Waals surface area contributed by atoms with Crippen LogP contribution in [0.5, 0.6) is 0 Å². The van der Waals surface area contributed by atoms with Gasteiger partial charge in [-0.3, -0.25) is 4.79 Å². The molecule has 1 aliphatic rings. The van der Waals surface area contributed by atoms with Crippen molar-refractivity contribution in [2.45, 2.75) is 58.4 Å². The molecule has 0 aromatic carbocycles. The average Bonchev–Trinajstić information content (AvgIpc) is 2.59. The quantitative estimate of drug-likeness (QED) is 0.381. The van der Waals surface area contributed by atoms with Gasteiger partial charge >= 0.3 is 0 Å². The van der Waals surface area contributed by atoms with Gasteiger partial charge in [-0.1, -0.05) is 19.8 Å². The maximum Gasteiger partial charge on any atom is 0.243 e. The fourth-order valence-electron chi connectivity index (χ4n) is 2.79. The van der Waals surface area contributed by atoms with E-state index in [0.717, 1.165) is 38.3 Å². The lowest BCUT2D eigenvalue weighted by Gasteiger charge is -2.32. The summed E-state index contributed by atoms with van der Waals surface area (Å²) in [5.41, 5.74) is 0. The Balaban J connectivity index is 2.39. The number of carbonyl (C=O) groups excluding carboxylic acids is 1. The van der Waals surface area contributed by atoms with Gasteiger partial charge in [-0.15, -0.1) is 0 Å². The number of carbonyl (C=O) groups is 1. The van der Waals surface area contributed by atoms with Crippen LogP contribution in [0.2, 0.25) is 0 Å². The van der Waals surface area contributed by atoms with E-state index in [4.69, 9.17) is 0 Å². The third-order valence-corrected chi connectivity index (χ3v) is 4.56. The lowest BCUT2D eigenvalue weighted by molar-refractivity contribution is -0.127. The Bertz CT molecular complexity index is 378. The van der Waals surface area contributed by atoms with Crippen LogP contribution in [0.15, 0.2) is 4.99 Å². The molecule has 1 amide bonds. The molecule has 24 heavy (non-hydrogen) atoms. The highest BCUT2D eigenvalue weighted by Gasteiger charge is 2.16. The summed E-state index contributed by atoms with van der Waals surface area (Å²) in [5.74, 6) is 0.776. The molecule has 1 heterocycles. The molecule has 0 aromatic heterocycles. The van der Waals surface area contributed by atoms with Gasteiger partial charge in [-0.25, -0.2) is 4.99 Å². The first-order chi connectivity index (χ1) is 11.5. The molecule has 140 valence electrons. The summed E-state index contributed by atoms with van der Waals surface area (Å²) in [4.78, 5) is 20.3. The summed E-state index contributed by atoms with van der Waals surface area (Å²) in [6, 6.07) is 0.595. The molecule has 0 spiro atoms. The molecular weight excluding hydrogens is 302 g/mol. The van der Waals surface area contributed by atoms with E-state index in [1.165, 1.54) is 32.4 Å². The monoisotopic (exact) mass is 339 g/mol. The number of piperidine rings is 1. The number of rotatable bonds is 9. The molecular formula is C18H37N5O. The zero-order valence-electron chi connectivity index (χ0n) is 16.1. The predicted molar refractivity (Wildman–Crippen MR) is 101 cm³/mol. The molecule has 1 unspecified atom stereocenters. The Morgan fingerprint density at radius 1 is 1.17 bits per heavy atom. The highest BCUT2D eigenvalue weighted by atomic mass is 16.2. The van der Waals surface area contributed by atoms with E-state index in [1.54, 1.807) is 19.0 Å². The molecule has 1 saturated heterocycles. The first kappa shape index (κ1) is 20.7. The van der Waals surface area contributed by atoms with Gasteiger partial charge in [0.15, 0.2) is 5.96 Å². The van der Waals surface area contributed by atoms with E-state index < -0.39 is 0 Å². The van der Waals surface area contributed by atoms with Crippen LogP contribution in [0.1, 0.15) is 52.4 Å². The van der Waals surface area contributed by atoms with Crippen molar-refractivity contribution in [3.05, 3.63) is 0 Å². The van der Waals surface area contributed by atoms with Gasteiger partial charge in [-0.2, -0.15) is 0 Å². The number of amides is 1. The first-order valence-corrected chi connectivity index (χ1v) is 9.51. The number of nitrogens with zero attached hydrogens (tertiary/aromatic N) is 3. The van der Waals surface area contributed by atoms with Gasteiger partial charge in [0, 0.05) is 33.2 Å². The van der Waals surface area contributed by atoms with Crippen LogP contribution in [0, 0.1) is 0 Å². The van der Waals surface area contributed by atoms with Crippen molar-refractivity contribution in [1.29, 1.82) is 0 Å². The number of likely N-dealkylation sites (tertiary alicyclic amines) is 1. The molecule has 0 saturated carbocycles. The molecule has 0 aliphatic carbocycles. The smallest absolute Gasteiger partial charge is 0.243 e. The second-order valence-corrected chi connectivity index (χ2v) is 6.89. The van der Waals surface area contributed by atoms with Gasteiger partial charge in [0.25, 0.3) is 0 Å². The normalized spacial score (nSPS) is 17.4. The highest BCUT2D eigenvalue weighted by Crippen LogP contribution is 2.13. The summed E-state index contributed by atoms with van der Waals surface area (Å²) in [5, 5.41) is 6.71. The molecule has 0 aromatic rings. The second kappa shape index (κ2) is 12.1. The van der Waals surface area contributed by atoms with Crippen molar-refractivity contribution in [3.8, 4) is 0 Å². The molecule has 6 nitrogen and oxygen atoms in total. The van der Waals surface area contributed by atoms with Crippen molar-refractivity contribution in [3.63, 3.8) is 0 Å². The summed E-state index contributed by atoms with van der Waals surface area (Å²) < 4.78 is 0. The zero-order valence-corrected chi connectivity index (χ0v) is 16.1.